The Hall–Kier alpha value is -9.26. The molecule has 0 saturated heterocycles. The zero-order valence-electron chi connectivity index (χ0n) is 69.7. The fourth-order valence-corrected chi connectivity index (χ4v) is 17.1. The normalized spacial score (nSPS) is 13.0. The number of halogens is 2. The maximum atomic E-state index is 16.4. The van der Waals surface area contributed by atoms with Gasteiger partial charge in [-0.25, -0.2) is 8.78 Å². The van der Waals surface area contributed by atoms with Gasteiger partial charge < -0.3 is 19.7 Å². The minimum atomic E-state index is -0.466. The van der Waals surface area contributed by atoms with Crippen molar-refractivity contribution in [3.8, 4) is 89.8 Å². The van der Waals surface area contributed by atoms with Gasteiger partial charge in [0.05, 0.1) is 13.2 Å². The largest absolute Gasteiger partial charge is 0.507 e. The molecular formula is C103H118F2O4. The third-order valence-electron chi connectivity index (χ3n) is 22.5. The van der Waals surface area contributed by atoms with Crippen molar-refractivity contribution in [1.82, 2.24) is 0 Å². The molecule has 0 radical (unpaired) electrons. The Kier molecular flexibility index (Phi) is 21.2. The minimum Gasteiger partial charge on any atom is -0.507 e. The van der Waals surface area contributed by atoms with Crippen molar-refractivity contribution in [3.05, 3.63) is 238 Å². The van der Waals surface area contributed by atoms with E-state index < -0.39 is 22.5 Å². The molecule has 0 aliphatic heterocycles. The second-order valence-corrected chi connectivity index (χ2v) is 39.1. The molecule has 0 amide bonds. The summed E-state index contributed by atoms with van der Waals surface area (Å²) in [5.41, 5.74) is 17.0. The fraction of sp³-hybridized carbons (Fsp3) is 0.379. The highest BCUT2D eigenvalue weighted by atomic mass is 19.1. The Morgan fingerprint density at radius 3 is 0.853 bits per heavy atom. The zero-order chi connectivity index (χ0) is 79.2. The number of phenols is 2. The van der Waals surface area contributed by atoms with Gasteiger partial charge in [0.25, 0.3) is 0 Å². The summed E-state index contributed by atoms with van der Waals surface area (Å²) in [4.78, 5) is 0. The zero-order valence-corrected chi connectivity index (χ0v) is 69.7. The van der Waals surface area contributed by atoms with E-state index in [1.807, 2.05) is 0 Å². The first-order valence-electron chi connectivity index (χ1n) is 39.7. The van der Waals surface area contributed by atoms with Crippen molar-refractivity contribution >= 4 is 43.1 Å². The fourth-order valence-electron chi connectivity index (χ4n) is 17.1. The number of hydrogen-bond donors (Lipinski definition) is 2. The second kappa shape index (κ2) is 29.2. The third kappa shape index (κ3) is 16.5. The summed E-state index contributed by atoms with van der Waals surface area (Å²) < 4.78 is 46.5. The highest BCUT2D eigenvalue weighted by molar-refractivity contribution is 6.24. The lowest BCUT2D eigenvalue weighted by molar-refractivity contribution is 0.248. The molecule has 568 valence electrons. The highest BCUT2D eigenvalue weighted by Crippen LogP contribution is 2.56. The molecule has 6 heteroatoms. The molecule has 109 heavy (non-hydrogen) atoms. The number of aryl methyl sites for hydroxylation is 2. The van der Waals surface area contributed by atoms with E-state index in [0.29, 0.717) is 51.3 Å². The highest BCUT2D eigenvalue weighted by Gasteiger charge is 2.35. The first kappa shape index (κ1) is 79.3. The molecule has 12 rings (SSSR count). The van der Waals surface area contributed by atoms with Crippen molar-refractivity contribution in [2.75, 3.05) is 13.2 Å². The van der Waals surface area contributed by atoms with E-state index in [1.165, 1.54) is 57.6 Å². The molecule has 0 bridgehead atoms. The van der Waals surface area contributed by atoms with Crippen molar-refractivity contribution < 1.29 is 28.5 Å². The monoisotopic (exact) mass is 1460 g/mol. The van der Waals surface area contributed by atoms with Crippen LogP contribution >= 0.6 is 0 Å². The summed E-state index contributed by atoms with van der Waals surface area (Å²) in [6, 6.07) is 63.0. The molecule has 0 spiro atoms. The topological polar surface area (TPSA) is 58.9 Å². The number of fused-ring (bicyclic) bond motifs is 4. The van der Waals surface area contributed by atoms with Crippen LogP contribution in [0.15, 0.2) is 182 Å². The van der Waals surface area contributed by atoms with Crippen LogP contribution in [0.2, 0.25) is 0 Å². The van der Waals surface area contributed by atoms with Crippen LogP contribution in [0.5, 0.6) is 23.0 Å². The molecule has 12 aromatic rings. The summed E-state index contributed by atoms with van der Waals surface area (Å²) in [6.07, 6.45) is 3.87. The van der Waals surface area contributed by atoms with Crippen molar-refractivity contribution in [2.24, 2.45) is 10.8 Å². The predicted molar refractivity (Wildman–Crippen MR) is 462 cm³/mol. The number of hydrogen-bond acceptors (Lipinski definition) is 4. The van der Waals surface area contributed by atoms with Crippen molar-refractivity contribution in [3.63, 3.8) is 0 Å². The summed E-state index contributed by atoms with van der Waals surface area (Å²) in [5, 5.41) is 35.6. The number of ether oxygens (including phenoxy) is 2. The second-order valence-electron chi connectivity index (χ2n) is 39.1. The molecule has 0 aromatic heterocycles. The van der Waals surface area contributed by atoms with Crippen LogP contribution in [0, 0.1) is 22.5 Å². The third-order valence-corrected chi connectivity index (χ3v) is 22.5. The molecule has 0 heterocycles. The molecule has 0 unspecified atom stereocenters. The van der Waals surface area contributed by atoms with Gasteiger partial charge in [-0.1, -0.05) is 263 Å². The van der Waals surface area contributed by atoms with Crippen LogP contribution in [0.25, 0.3) is 110 Å². The summed E-state index contributed by atoms with van der Waals surface area (Å²) >= 11 is 0. The Morgan fingerprint density at radius 1 is 0.284 bits per heavy atom. The smallest absolute Gasteiger partial charge is 0.131 e. The van der Waals surface area contributed by atoms with E-state index in [9.17, 15) is 10.2 Å². The Morgan fingerprint density at radius 2 is 0.569 bits per heavy atom. The van der Waals surface area contributed by atoms with Crippen LogP contribution in [-0.4, -0.2) is 23.4 Å². The lowest BCUT2D eigenvalue weighted by Gasteiger charge is -2.34. The molecule has 12 aromatic carbocycles. The van der Waals surface area contributed by atoms with E-state index >= 15 is 8.78 Å². The lowest BCUT2D eigenvalue weighted by Crippen LogP contribution is -2.25. The molecule has 0 aliphatic rings. The minimum absolute atomic E-state index is 0.0271. The average molecular weight is 1460 g/mol. The Labute approximate surface area is 650 Å². The first-order valence-corrected chi connectivity index (χ1v) is 39.7. The Bertz CT molecular complexity index is 5110. The van der Waals surface area contributed by atoms with Gasteiger partial charge in [-0.05, 0) is 264 Å². The molecule has 4 nitrogen and oxygen atoms in total. The van der Waals surface area contributed by atoms with Crippen LogP contribution in [0.4, 0.5) is 8.78 Å². The van der Waals surface area contributed by atoms with Crippen LogP contribution in [-0.2, 0) is 45.3 Å². The van der Waals surface area contributed by atoms with Gasteiger partial charge in [0.1, 0.15) is 34.6 Å². The summed E-state index contributed by atoms with van der Waals surface area (Å²) in [7, 11) is 0. The maximum Gasteiger partial charge on any atom is 0.131 e. The average Bonchev–Trinajstić information content (AvgIpc) is 0.721. The number of phenolic OH excluding ortho intramolecular Hbond substituents is 2. The first-order chi connectivity index (χ1) is 50.8. The Balaban J connectivity index is 0.977. The van der Waals surface area contributed by atoms with Gasteiger partial charge in [-0.15, -0.1) is 0 Å². The van der Waals surface area contributed by atoms with E-state index in [-0.39, 0.29) is 57.2 Å². The number of rotatable bonds is 18. The van der Waals surface area contributed by atoms with E-state index in [0.717, 1.165) is 113 Å². The predicted octanol–water partition coefficient (Wildman–Crippen LogP) is 29.6. The van der Waals surface area contributed by atoms with Gasteiger partial charge in [0.15, 0.2) is 0 Å². The molecule has 0 saturated carbocycles. The quantitative estimate of drug-likeness (QED) is 0.0664. The van der Waals surface area contributed by atoms with E-state index in [4.69, 9.17) is 9.47 Å². The number of benzene rings is 12. The van der Waals surface area contributed by atoms with Crippen LogP contribution in [0.3, 0.4) is 0 Å². The van der Waals surface area contributed by atoms with Gasteiger partial charge in [-0.3, -0.25) is 0 Å². The van der Waals surface area contributed by atoms with Crippen molar-refractivity contribution in [2.45, 2.75) is 231 Å². The van der Waals surface area contributed by atoms with Crippen LogP contribution in [0.1, 0.15) is 230 Å². The molecular weight excluding hydrogens is 1340 g/mol. The van der Waals surface area contributed by atoms with Gasteiger partial charge in [-0.2, -0.15) is 0 Å². The van der Waals surface area contributed by atoms with Crippen molar-refractivity contribution in [1.29, 1.82) is 0 Å². The SMILES string of the molecule is CCc1ccc(-c2c3cc(C(C)(C)C)ccc3c(-c3cc(C(C)(C)CC(C)(C)C)cc(-c4cc(F)ccc4OCCCOc4ccc(F)cc4-c4cc(C(C)(C)CC(C)(C)C)cc(-c5c6ccc(C(C)(C)C)cc6c(-c6ccc(CC)cc6)c6ccc(C(C)(C)C)cc56)c4O)c3O)c3cc(C(C)(C)C)ccc23)cc1. The molecule has 0 fully saturated rings. The standard InChI is InChI=1S/C103H118F2O4/c1-25-62-28-32-64(33-29-62)90-74-42-36-68(100(15,16)17)52-82(74)92(76-44-38-66(50-80(76)90)98(9,10)11)86-56-70(102(21,22)60-96(3,4)5)54-84(94(86)106)78-58-72(104)40-46-88(78)108-48-27-49-109-89-47-41-73(105)59-79(89)85-55-71(103(23,24)61-97(6,7)8)57-87(95(85)107)93-77-45-39-67(99(12,13)14)51-81(77)91(65-34-30-63(26-2)31-35-65)75-43-37-69(53-83(75)93)101(18,19)20/h28-47,50-59,106-107H,25-27,48-49,60-61H2,1-24H3. The number of aromatic hydroxyl groups is 2. The van der Waals surface area contributed by atoms with Crippen LogP contribution < -0.4 is 9.47 Å². The lowest BCUT2D eigenvalue weighted by atomic mass is 9.71. The van der Waals surface area contributed by atoms with Gasteiger partial charge in [0, 0.05) is 50.9 Å². The van der Waals surface area contributed by atoms with Gasteiger partial charge >= 0.3 is 0 Å². The van der Waals surface area contributed by atoms with E-state index in [2.05, 4.69) is 312 Å². The molecule has 0 aliphatic carbocycles. The van der Waals surface area contributed by atoms with Gasteiger partial charge in [0.2, 0.25) is 0 Å². The molecule has 2 N–H and O–H groups in total. The summed E-state index contributed by atoms with van der Waals surface area (Å²) in [5.74, 6) is -0.0726. The summed E-state index contributed by atoms with van der Waals surface area (Å²) in [6.45, 7) is 54.3. The maximum absolute atomic E-state index is 16.4. The molecule has 0 atom stereocenters. The van der Waals surface area contributed by atoms with E-state index in [1.54, 1.807) is 12.1 Å².